The molecule has 1 saturated carbocycles. The molecule has 0 bridgehead atoms. The Kier molecular flexibility index (Phi) is 3.54. The molecule has 0 atom stereocenters. The minimum Gasteiger partial charge on any atom is -0.350 e. The summed E-state index contributed by atoms with van der Waals surface area (Å²) in [6.45, 7) is 2.50. The van der Waals surface area contributed by atoms with Gasteiger partial charge in [0.1, 0.15) is 0 Å². The van der Waals surface area contributed by atoms with Crippen LogP contribution in [0.1, 0.15) is 35.2 Å². The van der Waals surface area contributed by atoms with Crippen molar-refractivity contribution in [2.75, 3.05) is 6.54 Å². The lowest BCUT2D eigenvalue weighted by Crippen LogP contribution is -2.54. The predicted molar refractivity (Wildman–Crippen MR) is 72.0 cm³/mol. The van der Waals surface area contributed by atoms with Gasteiger partial charge in [0, 0.05) is 22.1 Å². The molecule has 3 N–H and O–H groups in total. The minimum absolute atomic E-state index is 0.0412. The SMILES string of the molecule is Cc1ccc(Br)cc1C(=O)NCC1(N)CCC1. The second kappa shape index (κ2) is 4.78. The van der Waals surface area contributed by atoms with Crippen LogP contribution in [0.3, 0.4) is 0 Å². The van der Waals surface area contributed by atoms with Crippen molar-refractivity contribution in [1.29, 1.82) is 0 Å². The highest BCUT2D eigenvalue weighted by Crippen LogP contribution is 2.28. The number of benzene rings is 1. The summed E-state index contributed by atoms with van der Waals surface area (Å²) in [7, 11) is 0. The molecule has 1 fully saturated rings. The molecule has 0 heterocycles. The van der Waals surface area contributed by atoms with Crippen LogP contribution >= 0.6 is 15.9 Å². The summed E-state index contributed by atoms with van der Waals surface area (Å²) in [6, 6.07) is 5.71. The van der Waals surface area contributed by atoms with Gasteiger partial charge >= 0.3 is 0 Å². The molecule has 2 rings (SSSR count). The lowest BCUT2D eigenvalue weighted by molar-refractivity contribution is 0.0929. The van der Waals surface area contributed by atoms with Crippen LogP contribution in [0.2, 0.25) is 0 Å². The summed E-state index contributed by atoms with van der Waals surface area (Å²) >= 11 is 3.38. The van der Waals surface area contributed by atoms with E-state index in [0.717, 1.165) is 22.9 Å². The Labute approximate surface area is 110 Å². The van der Waals surface area contributed by atoms with Crippen molar-refractivity contribution in [3.63, 3.8) is 0 Å². The fourth-order valence-electron chi connectivity index (χ4n) is 2.00. The maximum absolute atomic E-state index is 12.0. The smallest absolute Gasteiger partial charge is 0.251 e. The van der Waals surface area contributed by atoms with Gasteiger partial charge in [-0.1, -0.05) is 22.0 Å². The molecule has 3 nitrogen and oxygen atoms in total. The number of hydrogen-bond acceptors (Lipinski definition) is 2. The number of hydrogen-bond donors (Lipinski definition) is 2. The highest BCUT2D eigenvalue weighted by molar-refractivity contribution is 9.10. The first-order chi connectivity index (χ1) is 8.00. The predicted octanol–water partition coefficient (Wildman–Crippen LogP) is 2.37. The zero-order valence-corrected chi connectivity index (χ0v) is 11.5. The summed E-state index contributed by atoms with van der Waals surface area (Å²) in [5.41, 5.74) is 7.59. The Balaban J connectivity index is 2.01. The van der Waals surface area contributed by atoms with Gasteiger partial charge in [-0.2, -0.15) is 0 Å². The number of carbonyl (C=O) groups is 1. The number of nitrogens with two attached hydrogens (primary N) is 1. The van der Waals surface area contributed by atoms with Crippen molar-refractivity contribution < 1.29 is 4.79 Å². The largest absolute Gasteiger partial charge is 0.350 e. The minimum atomic E-state index is -0.171. The van der Waals surface area contributed by atoms with Crippen LogP contribution < -0.4 is 11.1 Å². The fraction of sp³-hybridized carbons (Fsp3) is 0.462. The van der Waals surface area contributed by atoms with Crippen molar-refractivity contribution in [1.82, 2.24) is 5.32 Å². The van der Waals surface area contributed by atoms with Gasteiger partial charge in [-0.3, -0.25) is 4.79 Å². The van der Waals surface area contributed by atoms with Crippen molar-refractivity contribution in [2.24, 2.45) is 5.73 Å². The van der Waals surface area contributed by atoms with Crippen LogP contribution in [-0.4, -0.2) is 18.0 Å². The van der Waals surface area contributed by atoms with E-state index in [1.165, 1.54) is 6.42 Å². The zero-order chi connectivity index (χ0) is 12.5. The van der Waals surface area contributed by atoms with E-state index in [1.54, 1.807) is 0 Å². The van der Waals surface area contributed by atoms with Gasteiger partial charge in [-0.25, -0.2) is 0 Å². The Morgan fingerprint density at radius 2 is 2.24 bits per heavy atom. The second-order valence-electron chi connectivity index (χ2n) is 4.86. The van der Waals surface area contributed by atoms with Gasteiger partial charge in [-0.05, 0) is 43.9 Å². The first kappa shape index (κ1) is 12.6. The average Bonchev–Trinajstić information content (AvgIpc) is 2.26. The van der Waals surface area contributed by atoms with Gasteiger partial charge in [0.05, 0.1) is 0 Å². The number of carbonyl (C=O) groups excluding carboxylic acids is 1. The molecule has 0 spiro atoms. The molecule has 1 aromatic carbocycles. The van der Waals surface area contributed by atoms with Crippen molar-refractivity contribution in [2.45, 2.75) is 31.7 Å². The summed E-state index contributed by atoms with van der Waals surface area (Å²) < 4.78 is 0.916. The van der Waals surface area contributed by atoms with Crippen LogP contribution in [0.15, 0.2) is 22.7 Å². The number of amides is 1. The van der Waals surface area contributed by atoms with Gasteiger partial charge in [0.25, 0.3) is 5.91 Å². The van der Waals surface area contributed by atoms with E-state index in [2.05, 4.69) is 21.2 Å². The number of rotatable bonds is 3. The van der Waals surface area contributed by atoms with Gasteiger partial charge in [0.2, 0.25) is 0 Å². The highest BCUT2D eigenvalue weighted by Gasteiger charge is 2.32. The molecule has 0 aliphatic heterocycles. The summed E-state index contributed by atoms with van der Waals surface area (Å²) in [5.74, 6) is -0.0412. The fourth-order valence-corrected chi connectivity index (χ4v) is 2.36. The van der Waals surface area contributed by atoms with Crippen LogP contribution in [-0.2, 0) is 0 Å². The molecule has 0 unspecified atom stereocenters. The Bertz CT molecular complexity index is 441. The molecule has 17 heavy (non-hydrogen) atoms. The molecule has 92 valence electrons. The van der Waals surface area contributed by atoms with Gasteiger partial charge < -0.3 is 11.1 Å². The number of aryl methyl sites for hydroxylation is 1. The van der Waals surface area contributed by atoms with E-state index >= 15 is 0 Å². The molecule has 0 saturated heterocycles. The summed E-state index contributed by atoms with van der Waals surface area (Å²) in [5, 5.41) is 2.92. The molecule has 1 aliphatic carbocycles. The summed E-state index contributed by atoms with van der Waals surface area (Å²) in [4.78, 5) is 12.0. The maximum Gasteiger partial charge on any atom is 0.251 e. The molecule has 0 aromatic heterocycles. The topological polar surface area (TPSA) is 55.1 Å². The van der Waals surface area contributed by atoms with E-state index in [4.69, 9.17) is 5.73 Å². The lowest BCUT2D eigenvalue weighted by Gasteiger charge is -2.38. The quantitative estimate of drug-likeness (QED) is 0.900. The second-order valence-corrected chi connectivity index (χ2v) is 5.77. The Hall–Kier alpha value is -0.870. The van der Waals surface area contributed by atoms with Crippen LogP contribution in [0.25, 0.3) is 0 Å². The Morgan fingerprint density at radius 1 is 1.53 bits per heavy atom. The molecule has 0 radical (unpaired) electrons. The van der Waals surface area contributed by atoms with Crippen LogP contribution in [0, 0.1) is 6.92 Å². The molecular weight excluding hydrogens is 280 g/mol. The Morgan fingerprint density at radius 3 is 2.82 bits per heavy atom. The van der Waals surface area contributed by atoms with E-state index in [1.807, 2.05) is 25.1 Å². The highest BCUT2D eigenvalue weighted by atomic mass is 79.9. The van der Waals surface area contributed by atoms with E-state index < -0.39 is 0 Å². The van der Waals surface area contributed by atoms with Crippen molar-refractivity contribution >= 4 is 21.8 Å². The molecule has 1 amide bonds. The first-order valence-corrected chi connectivity index (χ1v) is 6.63. The molecule has 4 heteroatoms. The normalized spacial score (nSPS) is 17.4. The molecule has 1 aromatic rings. The van der Waals surface area contributed by atoms with E-state index in [-0.39, 0.29) is 11.4 Å². The van der Waals surface area contributed by atoms with Crippen molar-refractivity contribution in [3.8, 4) is 0 Å². The molecule has 1 aliphatic rings. The number of halogens is 1. The third kappa shape index (κ3) is 2.87. The summed E-state index contributed by atoms with van der Waals surface area (Å²) in [6.07, 6.45) is 3.18. The third-order valence-electron chi connectivity index (χ3n) is 3.39. The maximum atomic E-state index is 12.0. The van der Waals surface area contributed by atoms with Crippen LogP contribution in [0.5, 0.6) is 0 Å². The van der Waals surface area contributed by atoms with Gasteiger partial charge in [-0.15, -0.1) is 0 Å². The number of nitrogens with one attached hydrogen (secondary N) is 1. The first-order valence-electron chi connectivity index (χ1n) is 5.83. The van der Waals surface area contributed by atoms with Crippen LogP contribution in [0.4, 0.5) is 0 Å². The van der Waals surface area contributed by atoms with E-state index in [9.17, 15) is 4.79 Å². The average molecular weight is 297 g/mol. The lowest BCUT2D eigenvalue weighted by atomic mass is 9.78. The van der Waals surface area contributed by atoms with Crippen molar-refractivity contribution in [3.05, 3.63) is 33.8 Å². The standard InChI is InChI=1S/C13H17BrN2O/c1-9-3-4-10(14)7-11(9)12(17)16-8-13(15)5-2-6-13/h3-4,7H,2,5-6,8,15H2,1H3,(H,16,17). The third-order valence-corrected chi connectivity index (χ3v) is 3.89. The monoisotopic (exact) mass is 296 g/mol. The van der Waals surface area contributed by atoms with Gasteiger partial charge in [0.15, 0.2) is 0 Å². The van der Waals surface area contributed by atoms with E-state index in [0.29, 0.717) is 12.1 Å². The molecular formula is C13H17BrN2O. The zero-order valence-electron chi connectivity index (χ0n) is 9.92.